The first-order valence-electron chi connectivity index (χ1n) is 22.6. The summed E-state index contributed by atoms with van der Waals surface area (Å²) in [4.78, 5) is 0. The Morgan fingerprint density at radius 3 is 0.848 bits per heavy atom. The van der Waals surface area contributed by atoms with Gasteiger partial charge < -0.3 is 0 Å². The average Bonchev–Trinajstić information content (AvgIpc) is 3.88. The van der Waals surface area contributed by atoms with E-state index >= 15 is 0 Å². The summed E-state index contributed by atoms with van der Waals surface area (Å²) >= 11 is 0. The van der Waals surface area contributed by atoms with Gasteiger partial charge in [-0.2, -0.15) is 10.5 Å². The summed E-state index contributed by atoms with van der Waals surface area (Å²) in [7, 11) is 0. The Hall–Kier alpha value is -9.08. The van der Waals surface area contributed by atoms with Gasteiger partial charge in [0.05, 0.1) is 23.3 Å². The van der Waals surface area contributed by atoms with Gasteiger partial charge in [0, 0.05) is 0 Å². The highest BCUT2D eigenvalue weighted by Gasteiger charge is 2.27. The van der Waals surface area contributed by atoms with Gasteiger partial charge in [-0.15, -0.1) is 0 Å². The van der Waals surface area contributed by atoms with E-state index in [1.54, 1.807) is 0 Å². The van der Waals surface area contributed by atoms with Gasteiger partial charge in [-0.1, -0.05) is 146 Å². The van der Waals surface area contributed by atoms with Crippen LogP contribution in [0.5, 0.6) is 0 Å². The number of hydrogen-bond acceptors (Lipinski definition) is 2. The molecular formula is C64H30N2. The quantitative estimate of drug-likeness (QED) is 0.129. The minimum atomic E-state index is 0.636. The molecule has 0 aromatic heterocycles. The molecule has 0 radical (unpaired) electrons. The molecule has 16 rings (SSSR count). The molecule has 0 saturated carbocycles. The fourth-order valence-electron chi connectivity index (χ4n) is 12.9. The first-order chi connectivity index (χ1) is 32.7. The Morgan fingerprint density at radius 1 is 0.227 bits per heavy atom. The number of fused-ring (bicyclic) bond motifs is 11. The summed E-state index contributed by atoms with van der Waals surface area (Å²) in [6.07, 6.45) is 0. The molecule has 0 amide bonds. The molecule has 0 fully saturated rings. The second-order valence-electron chi connectivity index (χ2n) is 18.4. The third kappa shape index (κ3) is 4.04. The van der Waals surface area contributed by atoms with E-state index in [0.717, 1.165) is 21.9 Å². The molecule has 2 heteroatoms. The Morgan fingerprint density at radius 2 is 0.515 bits per heavy atom. The summed E-state index contributed by atoms with van der Waals surface area (Å²) in [5, 5.41) is 52.8. The van der Waals surface area contributed by atoms with Crippen LogP contribution in [0.25, 0.3) is 162 Å². The lowest BCUT2D eigenvalue weighted by molar-refractivity contribution is 1.48. The van der Waals surface area contributed by atoms with Crippen molar-refractivity contribution in [1.29, 1.82) is 10.5 Å². The zero-order valence-electron chi connectivity index (χ0n) is 35.2. The zero-order chi connectivity index (χ0) is 43.1. The van der Waals surface area contributed by atoms with Crippen LogP contribution in [0.15, 0.2) is 182 Å². The minimum absolute atomic E-state index is 0.636. The molecule has 0 heterocycles. The molecule has 296 valence electrons. The molecule has 0 aliphatic heterocycles. The van der Waals surface area contributed by atoms with Crippen LogP contribution in [0.4, 0.5) is 0 Å². The van der Waals surface area contributed by atoms with Gasteiger partial charge in [0.1, 0.15) is 0 Å². The van der Waals surface area contributed by atoms with Gasteiger partial charge in [0.15, 0.2) is 0 Å². The van der Waals surface area contributed by atoms with E-state index in [0.29, 0.717) is 11.1 Å². The van der Waals surface area contributed by atoms with Crippen molar-refractivity contribution in [3.05, 3.63) is 193 Å². The molecule has 0 unspecified atom stereocenters. The van der Waals surface area contributed by atoms with Crippen LogP contribution < -0.4 is 0 Å². The van der Waals surface area contributed by atoms with Gasteiger partial charge in [0.2, 0.25) is 0 Å². The van der Waals surface area contributed by atoms with Crippen molar-refractivity contribution < 1.29 is 0 Å². The van der Waals surface area contributed by atoms with Crippen LogP contribution in [0.1, 0.15) is 11.1 Å². The maximum Gasteiger partial charge on any atom is 0.0991 e. The molecule has 16 aromatic rings. The van der Waals surface area contributed by atoms with Crippen molar-refractivity contribution in [3.8, 4) is 34.4 Å². The smallest absolute Gasteiger partial charge is 0.0991 e. The first-order valence-corrected chi connectivity index (χ1v) is 22.6. The Kier molecular flexibility index (Phi) is 6.22. The predicted molar refractivity (Wildman–Crippen MR) is 279 cm³/mol. The van der Waals surface area contributed by atoms with Gasteiger partial charge in [-0.25, -0.2) is 0 Å². The lowest BCUT2D eigenvalue weighted by Crippen LogP contribution is -1.90. The van der Waals surface area contributed by atoms with E-state index in [9.17, 15) is 10.5 Å². The van der Waals surface area contributed by atoms with E-state index in [-0.39, 0.29) is 0 Å². The molecule has 0 bridgehead atoms. The highest BCUT2D eigenvalue weighted by Crippen LogP contribution is 2.56. The second-order valence-corrected chi connectivity index (χ2v) is 18.4. The van der Waals surface area contributed by atoms with Gasteiger partial charge in [0.25, 0.3) is 0 Å². The first kappa shape index (κ1) is 34.4. The summed E-state index contributed by atoms with van der Waals surface area (Å²) in [5.74, 6) is 0. The highest BCUT2D eigenvalue weighted by molar-refractivity contribution is 6.48. The van der Waals surface area contributed by atoms with Crippen LogP contribution in [-0.4, -0.2) is 0 Å². The molecule has 0 atom stereocenters. The largest absolute Gasteiger partial charge is 0.192 e. The lowest BCUT2D eigenvalue weighted by Gasteiger charge is -2.17. The molecule has 0 aliphatic rings. The number of rotatable bonds is 2. The van der Waals surface area contributed by atoms with Crippen LogP contribution in [-0.2, 0) is 0 Å². The third-order valence-electron chi connectivity index (χ3n) is 15.5. The summed E-state index contributed by atoms with van der Waals surface area (Å²) < 4.78 is 0. The van der Waals surface area contributed by atoms with E-state index in [1.807, 2.05) is 24.3 Å². The fraction of sp³-hybridized carbons (Fsp3) is 0. The maximum atomic E-state index is 10.0. The second kappa shape index (κ2) is 11.9. The molecule has 0 saturated heterocycles. The lowest BCUT2D eigenvalue weighted by atomic mass is 9.85. The maximum absolute atomic E-state index is 10.0. The van der Waals surface area contributed by atoms with Crippen LogP contribution in [0, 0.1) is 22.7 Å². The van der Waals surface area contributed by atoms with Crippen LogP contribution in [0.2, 0.25) is 0 Å². The number of nitrogens with zero attached hydrogens (tertiary/aromatic N) is 2. The van der Waals surface area contributed by atoms with E-state index in [4.69, 9.17) is 0 Å². The normalized spacial score (nSPS) is 12.5. The fourth-order valence-corrected chi connectivity index (χ4v) is 12.9. The summed E-state index contributed by atoms with van der Waals surface area (Å²) in [6, 6.07) is 71.8. The van der Waals surface area contributed by atoms with Crippen LogP contribution >= 0.6 is 0 Å². The van der Waals surface area contributed by atoms with Crippen molar-refractivity contribution in [2.24, 2.45) is 0 Å². The highest BCUT2D eigenvalue weighted by atomic mass is 14.3. The number of hydrogen-bond donors (Lipinski definition) is 0. The molecule has 66 heavy (non-hydrogen) atoms. The predicted octanol–water partition coefficient (Wildman–Crippen LogP) is 17.5. The minimum Gasteiger partial charge on any atom is -0.192 e. The number of nitriles is 2. The molecule has 2 nitrogen and oxygen atoms in total. The average molecular weight is 827 g/mol. The molecule has 0 aliphatic carbocycles. The van der Waals surface area contributed by atoms with Gasteiger partial charge in [-0.05, 0) is 199 Å². The molecule has 16 aromatic carbocycles. The van der Waals surface area contributed by atoms with Crippen molar-refractivity contribution in [1.82, 2.24) is 0 Å². The van der Waals surface area contributed by atoms with Crippen LogP contribution in [0.3, 0.4) is 0 Å². The third-order valence-corrected chi connectivity index (χ3v) is 15.5. The molecule has 0 N–H and O–H groups in total. The SMILES string of the molecule is N#Cc1ccc(-c2c3cc4c(cc3c(-c3ccc(C#N)cc3)c3c5ccc6c7cccc8cccc(c9ccc(c23)c5c96)c87)c2ccc3c5cccc6cccc(c7ccc4c2c73)c65)cc1. The van der Waals surface area contributed by atoms with E-state index in [2.05, 4.69) is 170 Å². The Bertz CT molecular complexity index is 4620. The Balaban J connectivity index is 1.15. The van der Waals surface area contributed by atoms with Gasteiger partial charge in [-0.3, -0.25) is 0 Å². The Labute approximate surface area is 376 Å². The van der Waals surface area contributed by atoms with E-state index in [1.165, 1.54) is 140 Å². The topological polar surface area (TPSA) is 47.6 Å². The van der Waals surface area contributed by atoms with E-state index < -0.39 is 0 Å². The van der Waals surface area contributed by atoms with Crippen molar-refractivity contribution >= 4 is 140 Å². The van der Waals surface area contributed by atoms with Crippen molar-refractivity contribution in [2.75, 3.05) is 0 Å². The zero-order valence-corrected chi connectivity index (χ0v) is 35.2. The summed E-state index contributed by atoms with van der Waals surface area (Å²) in [5.41, 5.74) is 5.76. The standard InChI is InChI=1S/C64H30N2/c65-31-33-13-17-37(18-14-33)57-53-29-51-47-23-21-43-39-9-1-5-35-6-2-10-40(55(35)39)44-22-24-48(61(47)59(43)44)52(51)30-54(53)58(38-19-15-34(32-66)16-20-38)64-50-28-26-46-42-12-4-8-36-7-3-11-41(56(36)42)45-25-27-49(63(57)64)62(50)60(45)46/h1-30H. The van der Waals surface area contributed by atoms with Crippen molar-refractivity contribution in [2.45, 2.75) is 0 Å². The monoisotopic (exact) mass is 826 g/mol. The molecule has 0 spiro atoms. The van der Waals surface area contributed by atoms with Crippen molar-refractivity contribution in [3.63, 3.8) is 0 Å². The van der Waals surface area contributed by atoms with Gasteiger partial charge >= 0.3 is 0 Å². The molecular weight excluding hydrogens is 797 g/mol. The number of benzene rings is 14. The summed E-state index contributed by atoms with van der Waals surface area (Å²) in [6.45, 7) is 0.